The summed E-state index contributed by atoms with van der Waals surface area (Å²) >= 11 is 0. The predicted molar refractivity (Wildman–Crippen MR) is 95.8 cm³/mol. The van der Waals surface area contributed by atoms with Crippen molar-refractivity contribution in [2.75, 3.05) is 6.61 Å². The minimum absolute atomic E-state index is 0.234. The Labute approximate surface area is 149 Å². The Bertz CT molecular complexity index is 1010. The van der Waals surface area contributed by atoms with Gasteiger partial charge in [-0.2, -0.15) is 0 Å². The lowest BCUT2D eigenvalue weighted by molar-refractivity contribution is -0.124. The maximum atomic E-state index is 12.1. The molecule has 0 bridgehead atoms. The molecule has 1 aromatic heterocycles. The van der Waals surface area contributed by atoms with Crippen LogP contribution in [0.4, 0.5) is 0 Å². The number of ether oxygens (including phenoxy) is 1. The molecule has 3 aromatic rings. The van der Waals surface area contributed by atoms with Crippen LogP contribution in [-0.2, 0) is 16.1 Å². The highest BCUT2D eigenvalue weighted by atomic mass is 16.5. The summed E-state index contributed by atoms with van der Waals surface area (Å²) in [6, 6.07) is 15.5. The van der Waals surface area contributed by atoms with Crippen molar-refractivity contribution >= 4 is 22.8 Å². The highest BCUT2D eigenvalue weighted by molar-refractivity contribution is 5.90. The molecule has 6 nitrogen and oxygen atoms in total. The molecule has 0 aliphatic rings. The zero-order valence-corrected chi connectivity index (χ0v) is 14.2. The molecule has 0 saturated carbocycles. The second kappa shape index (κ2) is 7.65. The molecule has 1 N–H and O–H groups in total. The number of nitrogens with one attached hydrogen (secondary N) is 1. The first-order chi connectivity index (χ1) is 12.5. The number of esters is 1. The van der Waals surface area contributed by atoms with Gasteiger partial charge >= 0.3 is 5.97 Å². The largest absolute Gasteiger partial charge is 0.450 e. The normalized spacial score (nSPS) is 10.5. The molecule has 3 rings (SSSR count). The zero-order valence-electron chi connectivity index (χ0n) is 14.2. The molecule has 0 aliphatic heterocycles. The first kappa shape index (κ1) is 17.4. The van der Waals surface area contributed by atoms with Gasteiger partial charge in [-0.1, -0.05) is 42.0 Å². The summed E-state index contributed by atoms with van der Waals surface area (Å²) in [5.41, 5.74) is 1.80. The summed E-state index contributed by atoms with van der Waals surface area (Å²) in [6.07, 6.45) is 0. The van der Waals surface area contributed by atoms with E-state index in [1.54, 1.807) is 18.2 Å². The van der Waals surface area contributed by atoms with E-state index in [0.29, 0.717) is 17.5 Å². The van der Waals surface area contributed by atoms with Gasteiger partial charge in [-0.05, 0) is 24.6 Å². The molecule has 0 aliphatic carbocycles. The molecule has 26 heavy (non-hydrogen) atoms. The molecule has 132 valence electrons. The molecule has 0 radical (unpaired) electrons. The van der Waals surface area contributed by atoms with Crippen LogP contribution in [0.3, 0.4) is 0 Å². The minimum Gasteiger partial charge on any atom is -0.450 e. The second-order valence-electron chi connectivity index (χ2n) is 5.81. The van der Waals surface area contributed by atoms with Gasteiger partial charge in [0.2, 0.25) is 5.76 Å². The smallest absolute Gasteiger partial charge is 0.374 e. The van der Waals surface area contributed by atoms with Crippen molar-refractivity contribution in [2.45, 2.75) is 13.5 Å². The second-order valence-corrected chi connectivity index (χ2v) is 5.81. The lowest BCUT2D eigenvalue weighted by Gasteiger charge is -2.07. The molecule has 6 heteroatoms. The fourth-order valence-electron chi connectivity index (χ4n) is 2.42. The maximum Gasteiger partial charge on any atom is 0.374 e. The third-order valence-electron chi connectivity index (χ3n) is 3.75. The number of carbonyl (C=O) groups excluding carboxylic acids is 2. The molecule has 2 aromatic carbocycles. The lowest BCUT2D eigenvalue weighted by atomic mass is 10.1. The summed E-state index contributed by atoms with van der Waals surface area (Å²) in [4.78, 5) is 35.9. The van der Waals surface area contributed by atoms with Crippen LogP contribution in [0.5, 0.6) is 0 Å². The number of carbonyl (C=O) groups is 2. The zero-order chi connectivity index (χ0) is 18.5. The number of aryl methyl sites for hydroxylation is 1. The van der Waals surface area contributed by atoms with Crippen LogP contribution in [0.25, 0.3) is 11.0 Å². The van der Waals surface area contributed by atoms with Gasteiger partial charge in [-0.3, -0.25) is 9.59 Å². The molecular formula is C20H17NO5. The van der Waals surface area contributed by atoms with Crippen molar-refractivity contribution in [3.05, 3.63) is 81.7 Å². The molecule has 1 amide bonds. The fraction of sp³-hybridized carbons (Fsp3) is 0.150. The number of benzene rings is 2. The third-order valence-corrected chi connectivity index (χ3v) is 3.75. The van der Waals surface area contributed by atoms with Crippen molar-refractivity contribution in [1.29, 1.82) is 0 Å². The van der Waals surface area contributed by atoms with Crippen LogP contribution >= 0.6 is 0 Å². The Morgan fingerprint density at radius 1 is 1.08 bits per heavy atom. The van der Waals surface area contributed by atoms with E-state index in [1.807, 2.05) is 37.3 Å². The van der Waals surface area contributed by atoms with E-state index in [-0.39, 0.29) is 11.2 Å². The van der Waals surface area contributed by atoms with E-state index in [9.17, 15) is 14.4 Å². The summed E-state index contributed by atoms with van der Waals surface area (Å²) in [7, 11) is 0. The molecule has 0 unspecified atom stereocenters. The van der Waals surface area contributed by atoms with E-state index in [0.717, 1.165) is 17.2 Å². The van der Waals surface area contributed by atoms with Crippen molar-refractivity contribution < 1.29 is 18.7 Å². The SMILES string of the molecule is Cc1ccc2oc(C(=O)OCC(=O)NCc3ccccc3)cc(=O)c2c1. The van der Waals surface area contributed by atoms with Gasteiger partial charge in [0, 0.05) is 12.6 Å². The van der Waals surface area contributed by atoms with Gasteiger partial charge < -0.3 is 14.5 Å². The lowest BCUT2D eigenvalue weighted by Crippen LogP contribution is -2.28. The van der Waals surface area contributed by atoms with Gasteiger partial charge in [0.05, 0.1) is 5.39 Å². The van der Waals surface area contributed by atoms with Crippen LogP contribution < -0.4 is 10.7 Å². The molecule has 0 saturated heterocycles. The predicted octanol–water partition coefficient (Wildman–Crippen LogP) is 2.57. The Hall–Kier alpha value is -3.41. The third kappa shape index (κ3) is 4.16. The summed E-state index contributed by atoms with van der Waals surface area (Å²) in [5, 5.41) is 3.04. The van der Waals surface area contributed by atoms with Crippen molar-refractivity contribution in [3.8, 4) is 0 Å². The van der Waals surface area contributed by atoms with Crippen LogP contribution in [0.1, 0.15) is 21.7 Å². The van der Waals surface area contributed by atoms with Gasteiger partial charge in [0.25, 0.3) is 5.91 Å². The Kier molecular flexibility index (Phi) is 5.12. The number of rotatable bonds is 5. The number of hydrogen-bond donors (Lipinski definition) is 1. The number of hydrogen-bond acceptors (Lipinski definition) is 5. The van der Waals surface area contributed by atoms with Crippen LogP contribution in [0, 0.1) is 6.92 Å². The molecular weight excluding hydrogens is 334 g/mol. The first-order valence-corrected chi connectivity index (χ1v) is 8.05. The quantitative estimate of drug-likeness (QED) is 0.714. The van der Waals surface area contributed by atoms with Gasteiger partial charge in [-0.15, -0.1) is 0 Å². The maximum absolute atomic E-state index is 12.1. The number of amides is 1. The molecule has 0 atom stereocenters. The Balaban J connectivity index is 1.61. The van der Waals surface area contributed by atoms with Gasteiger partial charge in [-0.25, -0.2) is 4.79 Å². The standard InChI is InChI=1S/C20H17NO5/c1-13-7-8-17-15(9-13)16(22)10-18(26-17)20(24)25-12-19(23)21-11-14-5-3-2-4-6-14/h2-10H,11-12H2,1H3,(H,21,23). The first-order valence-electron chi connectivity index (χ1n) is 8.05. The average molecular weight is 351 g/mol. The van der Waals surface area contributed by atoms with Gasteiger partial charge in [0.15, 0.2) is 12.0 Å². The summed E-state index contributed by atoms with van der Waals surface area (Å²) in [6.45, 7) is 1.73. The van der Waals surface area contributed by atoms with Crippen molar-refractivity contribution in [1.82, 2.24) is 5.32 Å². The fourth-order valence-corrected chi connectivity index (χ4v) is 2.42. The molecule has 0 fully saturated rings. The topological polar surface area (TPSA) is 85.6 Å². The number of fused-ring (bicyclic) bond motifs is 1. The van der Waals surface area contributed by atoms with E-state index < -0.39 is 18.5 Å². The van der Waals surface area contributed by atoms with E-state index in [1.165, 1.54) is 0 Å². The summed E-state index contributed by atoms with van der Waals surface area (Å²) in [5.74, 6) is -1.54. The van der Waals surface area contributed by atoms with E-state index in [4.69, 9.17) is 9.15 Å². The van der Waals surface area contributed by atoms with Crippen LogP contribution in [0.2, 0.25) is 0 Å². The minimum atomic E-state index is -0.862. The van der Waals surface area contributed by atoms with Crippen molar-refractivity contribution in [3.63, 3.8) is 0 Å². The highest BCUT2D eigenvalue weighted by Gasteiger charge is 2.15. The Morgan fingerprint density at radius 3 is 2.62 bits per heavy atom. The highest BCUT2D eigenvalue weighted by Crippen LogP contribution is 2.14. The van der Waals surface area contributed by atoms with Crippen LogP contribution in [0.15, 0.2) is 63.8 Å². The Morgan fingerprint density at radius 2 is 1.85 bits per heavy atom. The monoisotopic (exact) mass is 351 g/mol. The van der Waals surface area contributed by atoms with Crippen molar-refractivity contribution in [2.24, 2.45) is 0 Å². The molecule has 1 heterocycles. The van der Waals surface area contributed by atoms with Gasteiger partial charge in [0.1, 0.15) is 5.58 Å². The molecule has 0 spiro atoms. The van der Waals surface area contributed by atoms with Crippen LogP contribution in [-0.4, -0.2) is 18.5 Å². The summed E-state index contributed by atoms with van der Waals surface area (Å²) < 4.78 is 10.3. The van der Waals surface area contributed by atoms with E-state index in [2.05, 4.69) is 5.32 Å². The van der Waals surface area contributed by atoms with E-state index >= 15 is 0 Å². The average Bonchev–Trinajstić information content (AvgIpc) is 2.65.